The molecule has 1 heterocycles. The van der Waals surface area contributed by atoms with Crippen molar-refractivity contribution < 1.29 is 4.79 Å². The van der Waals surface area contributed by atoms with E-state index in [1.807, 2.05) is 36.4 Å². The molecule has 0 saturated heterocycles. The molecule has 0 radical (unpaired) electrons. The second-order valence-electron chi connectivity index (χ2n) is 5.27. The van der Waals surface area contributed by atoms with Gasteiger partial charge in [-0.1, -0.05) is 42.5 Å². The van der Waals surface area contributed by atoms with Gasteiger partial charge in [0.1, 0.15) is 6.54 Å². The molecule has 0 unspecified atom stereocenters. The highest BCUT2D eigenvalue weighted by Crippen LogP contribution is 2.07. The fraction of sp³-hybridized carbons (Fsp3) is 0.167. The van der Waals surface area contributed by atoms with E-state index in [2.05, 4.69) is 10.4 Å². The molecule has 1 N–H and O–H groups in total. The number of benzene rings is 2. The molecule has 1 aromatic heterocycles. The maximum absolute atomic E-state index is 12.1. The van der Waals surface area contributed by atoms with Gasteiger partial charge in [0, 0.05) is 11.9 Å². The van der Waals surface area contributed by atoms with Gasteiger partial charge < -0.3 is 5.32 Å². The summed E-state index contributed by atoms with van der Waals surface area (Å²) in [4.78, 5) is 23.9. The van der Waals surface area contributed by atoms with Crippen LogP contribution in [0.5, 0.6) is 0 Å². The fourth-order valence-corrected chi connectivity index (χ4v) is 2.47. The number of aromatic nitrogens is 2. The van der Waals surface area contributed by atoms with Crippen LogP contribution in [0.4, 0.5) is 0 Å². The highest BCUT2D eigenvalue weighted by Gasteiger charge is 2.07. The summed E-state index contributed by atoms with van der Waals surface area (Å²) >= 11 is 0. The van der Waals surface area contributed by atoms with Crippen LogP contribution in [0.15, 0.2) is 65.6 Å². The molecule has 0 aliphatic heterocycles. The van der Waals surface area contributed by atoms with E-state index in [0.29, 0.717) is 17.4 Å². The van der Waals surface area contributed by atoms with Gasteiger partial charge in [-0.15, -0.1) is 0 Å². The van der Waals surface area contributed by atoms with Crippen molar-refractivity contribution in [3.63, 3.8) is 0 Å². The highest BCUT2D eigenvalue weighted by molar-refractivity contribution is 5.81. The number of carbonyl (C=O) groups is 1. The monoisotopic (exact) mass is 307 g/mol. The lowest BCUT2D eigenvalue weighted by Crippen LogP contribution is -2.30. The van der Waals surface area contributed by atoms with Crippen molar-refractivity contribution in [1.29, 1.82) is 0 Å². The average Bonchev–Trinajstić information content (AvgIpc) is 2.59. The first-order valence-electron chi connectivity index (χ1n) is 7.49. The lowest BCUT2D eigenvalue weighted by Gasteiger charge is -2.09. The van der Waals surface area contributed by atoms with Crippen LogP contribution < -0.4 is 10.7 Å². The van der Waals surface area contributed by atoms with Gasteiger partial charge in [0.05, 0.1) is 11.7 Å². The van der Waals surface area contributed by atoms with Crippen molar-refractivity contribution in [1.82, 2.24) is 15.1 Å². The van der Waals surface area contributed by atoms with E-state index in [0.717, 1.165) is 6.42 Å². The molecule has 3 aromatic rings. The number of fused-ring (bicyclic) bond motifs is 1. The summed E-state index contributed by atoms with van der Waals surface area (Å²) in [6.07, 6.45) is 2.03. The van der Waals surface area contributed by atoms with Crippen LogP contribution in [0, 0.1) is 0 Å². The molecular formula is C18H17N3O2. The molecule has 3 rings (SSSR count). The molecule has 5 nitrogen and oxygen atoms in total. The summed E-state index contributed by atoms with van der Waals surface area (Å²) in [5.74, 6) is -0.123. The average molecular weight is 307 g/mol. The van der Waals surface area contributed by atoms with Gasteiger partial charge in [0.15, 0.2) is 0 Å². The van der Waals surface area contributed by atoms with Crippen LogP contribution >= 0.6 is 0 Å². The molecule has 0 atom stereocenters. The number of hydrogen-bond acceptors (Lipinski definition) is 3. The van der Waals surface area contributed by atoms with Gasteiger partial charge in [-0.05, 0) is 24.1 Å². The van der Waals surface area contributed by atoms with Crippen molar-refractivity contribution in [3.8, 4) is 0 Å². The minimum atomic E-state index is -0.138. The van der Waals surface area contributed by atoms with Gasteiger partial charge >= 0.3 is 0 Å². The smallest absolute Gasteiger partial charge is 0.241 e. The van der Waals surface area contributed by atoms with Crippen molar-refractivity contribution in [2.24, 2.45) is 0 Å². The zero-order chi connectivity index (χ0) is 16.1. The Morgan fingerprint density at radius 3 is 2.61 bits per heavy atom. The lowest BCUT2D eigenvalue weighted by molar-refractivity contribution is -0.121. The maximum Gasteiger partial charge on any atom is 0.241 e. The molecule has 23 heavy (non-hydrogen) atoms. The maximum atomic E-state index is 12.1. The van der Waals surface area contributed by atoms with Gasteiger partial charge in [0.2, 0.25) is 11.3 Å². The Balaban J connectivity index is 1.64. The van der Waals surface area contributed by atoms with Crippen LogP contribution in [0.1, 0.15) is 5.56 Å². The molecule has 0 spiro atoms. The molecule has 0 bridgehead atoms. The Morgan fingerprint density at radius 2 is 1.78 bits per heavy atom. The largest absolute Gasteiger partial charge is 0.354 e. The second-order valence-corrected chi connectivity index (χ2v) is 5.27. The summed E-state index contributed by atoms with van der Waals surface area (Å²) in [5.41, 5.74) is 1.71. The third-order valence-corrected chi connectivity index (χ3v) is 3.63. The number of para-hydroxylation sites is 1. The van der Waals surface area contributed by atoms with E-state index in [9.17, 15) is 9.59 Å². The molecular weight excluding hydrogens is 290 g/mol. The highest BCUT2D eigenvalue weighted by atomic mass is 16.2. The van der Waals surface area contributed by atoms with Crippen molar-refractivity contribution in [3.05, 3.63) is 76.6 Å². The number of hydrogen-bond donors (Lipinski definition) is 1. The minimum absolute atomic E-state index is 0.0928. The van der Waals surface area contributed by atoms with E-state index in [4.69, 9.17) is 0 Å². The van der Waals surface area contributed by atoms with Crippen LogP contribution in [-0.4, -0.2) is 22.2 Å². The topological polar surface area (TPSA) is 64.0 Å². The Bertz CT molecular complexity index is 872. The third kappa shape index (κ3) is 3.63. The number of nitrogens with one attached hydrogen (secondary N) is 1. The zero-order valence-electron chi connectivity index (χ0n) is 12.6. The van der Waals surface area contributed by atoms with E-state index in [-0.39, 0.29) is 17.9 Å². The first-order valence-corrected chi connectivity index (χ1v) is 7.49. The summed E-state index contributed by atoms with van der Waals surface area (Å²) in [5, 5.41) is 7.51. The molecule has 0 aliphatic rings. The third-order valence-electron chi connectivity index (χ3n) is 3.63. The van der Waals surface area contributed by atoms with Gasteiger partial charge in [-0.3, -0.25) is 14.3 Å². The summed E-state index contributed by atoms with van der Waals surface area (Å²) in [6.45, 7) is 0.663. The molecule has 0 saturated carbocycles. The molecule has 0 fully saturated rings. The Hall–Kier alpha value is -2.95. The summed E-state index contributed by atoms with van der Waals surface area (Å²) in [6, 6.07) is 17.1. The Labute approximate surface area is 133 Å². The van der Waals surface area contributed by atoms with Gasteiger partial charge in [0.25, 0.3) is 0 Å². The normalized spacial score (nSPS) is 10.6. The number of nitrogens with zero attached hydrogens (tertiary/aromatic N) is 2. The Kier molecular flexibility index (Phi) is 4.47. The molecule has 116 valence electrons. The minimum Gasteiger partial charge on any atom is -0.354 e. The van der Waals surface area contributed by atoms with E-state index in [1.54, 1.807) is 22.9 Å². The predicted molar refractivity (Wildman–Crippen MR) is 89.2 cm³/mol. The summed E-state index contributed by atoms with van der Waals surface area (Å²) < 4.78 is 1.55. The lowest BCUT2D eigenvalue weighted by atomic mass is 10.1. The Morgan fingerprint density at radius 1 is 1.04 bits per heavy atom. The predicted octanol–water partition coefficient (Wildman–Crippen LogP) is 1.76. The SMILES string of the molecule is O=C(Cn1ncc(=O)c2ccccc21)NCCc1ccccc1. The summed E-state index contributed by atoms with van der Waals surface area (Å²) in [7, 11) is 0. The first kappa shape index (κ1) is 15.0. The van der Waals surface area contributed by atoms with Gasteiger partial charge in [-0.2, -0.15) is 5.10 Å². The molecule has 0 aliphatic carbocycles. The zero-order valence-corrected chi connectivity index (χ0v) is 12.6. The molecule has 5 heteroatoms. The molecule has 2 aromatic carbocycles. The van der Waals surface area contributed by atoms with Crippen LogP contribution in [0.25, 0.3) is 10.9 Å². The fourth-order valence-electron chi connectivity index (χ4n) is 2.47. The number of amides is 1. The van der Waals surface area contributed by atoms with Crippen LogP contribution in [-0.2, 0) is 17.8 Å². The van der Waals surface area contributed by atoms with E-state index in [1.165, 1.54) is 11.8 Å². The van der Waals surface area contributed by atoms with Crippen molar-refractivity contribution in [2.75, 3.05) is 6.54 Å². The van der Waals surface area contributed by atoms with Crippen molar-refractivity contribution in [2.45, 2.75) is 13.0 Å². The van der Waals surface area contributed by atoms with Gasteiger partial charge in [-0.25, -0.2) is 0 Å². The van der Waals surface area contributed by atoms with Crippen LogP contribution in [0.2, 0.25) is 0 Å². The van der Waals surface area contributed by atoms with E-state index < -0.39 is 0 Å². The van der Waals surface area contributed by atoms with E-state index >= 15 is 0 Å². The number of carbonyl (C=O) groups excluding carboxylic acids is 1. The second kappa shape index (κ2) is 6.87. The quantitative estimate of drug-likeness (QED) is 0.781. The number of rotatable bonds is 5. The molecule has 1 amide bonds. The first-order chi connectivity index (χ1) is 11.2. The standard InChI is InChI=1S/C18H17N3O2/c22-17-12-20-21(16-9-5-4-8-15(16)17)13-18(23)19-11-10-14-6-2-1-3-7-14/h1-9,12H,10-11,13H2,(H,19,23). The van der Waals surface area contributed by atoms with Crippen molar-refractivity contribution >= 4 is 16.8 Å². The van der Waals surface area contributed by atoms with Crippen LogP contribution in [0.3, 0.4) is 0 Å².